The van der Waals surface area contributed by atoms with Crippen molar-refractivity contribution in [2.45, 2.75) is 25.8 Å². The molecule has 2 N–H and O–H groups in total. The molecule has 1 atom stereocenters. The number of methoxy groups -OCH3 is 1. The van der Waals surface area contributed by atoms with Crippen LogP contribution < -0.4 is 10.6 Å². The van der Waals surface area contributed by atoms with E-state index in [9.17, 15) is 4.79 Å². The second-order valence-corrected chi connectivity index (χ2v) is 5.64. The van der Waals surface area contributed by atoms with E-state index < -0.39 is 0 Å². The first-order valence-corrected chi connectivity index (χ1v) is 7.74. The Kier molecular flexibility index (Phi) is 8.69. The number of carbonyl (C=O) groups excluding carboxylic acids is 1. The maximum atomic E-state index is 11.8. The van der Waals surface area contributed by atoms with Crippen LogP contribution in [0, 0.1) is 0 Å². The monoisotopic (exact) mass is 332 g/mol. The molecular weight excluding hydrogens is 311 g/mol. The molecule has 1 aromatic carbocycles. The topological polar surface area (TPSA) is 50.4 Å². The van der Waals surface area contributed by atoms with Crippen LogP contribution in [0.1, 0.15) is 18.9 Å². The van der Waals surface area contributed by atoms with E-state index in [4.69, 9.17) is 27.9 Å². The second-order valence-electron chi connectivity index (χ2n) is 4.80. The molecular formula is C15H22Cl2N2O2. The van der Waals surface area contributed by atoms with Gasteiger partial charge in [-0.1, -0.05) is 29.3 Å². The molecule has 0 aliphatic rings. The number of hydrogen-bond acceptors (Lipinski definition) is 3. The first kappa shape index (κ1) is 18.2. The Morgan fingerprint density at radius 3 is 2.76 bits per heavy atom. The fraction of sp³-hybridized carbons (Fsp3) is 0.533. The molecule has 1 unspecified atom stereocenters. The molecule has 1 rings (SSSR count). The lowest BCUT2D eigenvalue weighted by molar-refractivity contribution is -0.122. The number of hydrogen-bond donors (Lipinski definition) is 2. The number of amides is 1. The van der Waals surface area contributed by atoms with E-state index in [1.807, 2.05) is 19.1 Å². The number of carbonyl (C=O) groups is 1. The Bertz CT molecular complexity index is 455. The van der Waals surface area contributed by atoms with Gasteiger partial charge in [0.2, 0.25) is 5.91 Å². The molecule has 0 saturated carbocycles. The quantitative estimate of drug-likeness (QED) is 0.683. The van der Waals surface area contributed by atoms with Crippen molar-refractivity contribution in [3.63, 3.8) is 0 Å². The summed E-state index contributed by atoms with van der Waals surface area (Å²) in [7, 11) is 1.65. The van der Waals surface area contributed by atoms with Gasteiger partial charge in [0.15, 0.2) is 0 Å². The van der Waals surface area contributed by atoms with E-state index in [1.54, 1.807) is 13.2 Å². The molecule has 0 fully saturated rings. The third kappa shape index (κ3) is 7.14. The number of halogens is 2. The predicted molar refractivity (Wildman–Crippen MR) is 87.1 cm³/mol. The van der Waals surface area contributed by atoms with Gasteiger partial charge in [0, 0.05) is 30.3 Å². The summed E-state index contributed by atoms with van der Waals surface area (Å²) >= 11 is 12.0. The van der Waals surface area contributed by atoms with Gasteiger partial charge in [-0.15, -0.1) is 0 Å². The highest BCUT2D eigenvalue weighted by molar-refractivity contribution is 6.35. The van der Waals surface area contributed by atoms with Crippen molar-refractivity contribution in [3.05, 3.63) is 33.8 Å². The van der Waals surface area contributed by atoms with E-state index >= 15 is 0 Å². The van der Waals surface area contributed by atoms with Gasteiger partial charge in [0.1, 0.15) is 0 Å². The highest BCUT2D eigenvalue weighted by Gasteiger charge is 2.11. The summed E-state index contributed by atoms with van der Waals surface area (Å²) in [6.07, 6.45) is 1.56. The normalized spacial score (nSPS) is 12.2. The van der Waals surface area contributed by atoms with Gasteiger partial charge in [-0.25, -0.2) is 0 Å². The third-order valence-corrected chi connectivity index (χ3v) is 3.66. The summed E-state index contributed by atoms with van der Waals surface area (Å²) in [4.78, 5) is 11.8. The molecule has 118 valence electrons. The molecule has 0 heterocycles. The summed E-state index contributed by atoms with van der Waals surface area (Å²) < 4.78 is 4.93. The molecule has 0 radical (unpaired) electrons. The molecule has 0 bridgehead atoms. The number of rotatable bonds is 9. The van der Waals surface area contributed by atoms with E-state index in [2.05, 4.69) is 10.6 Å². The zero-order valence-corrected chi connectivity index (χ0v) is 13.9. The zero-order valence-electron chi connectivity index (χ0n) is 12.4. The van der Waals surface area contributed by atoms with Gasteiger partial charge in [-0.3, -0.25) is 4.79 Å². The van der Waals surface area contributed by atoms with Crippen LogP contribution in [0.3, 0.4) is 0 Å². The summed E-state index contributed by atoms with van der Waals surface area (Å²) in [5.74, 6) is -0.00620. The Morgan fingerprint density at radius 2 is 2.10 bits per heavy atom. The first-order valence-electron chi connectivity index (χ1n) is 6.98. The van der Waals surface area contributed by atoms with Crippen LogP contribution in [0.25, 0.3) is 0 Å². The minimum atomic E-state index is -0.237. The van der Waals surface area contributed by atoms with Crippen LogP contribution >= 0.6 is 23.2 Å². The Balaban J connectivity index is 2.26. The van der Waals surface area contributed by atoms with Gasteiger partial charge < -0.3 is 15.4 Å². The number of benzene rings is 1. The van der Waals surface area contributed by atoms with Gasteiger partial charge in [-0.05, 0) is 44.0 Å². The maximum absolute atomic E-state index is 11.8. The summed E-state index contributed by atoms with van der Waals surface area (Å²) in [6, 6.07) is 5.21. The van der Waals surface area contributed by atoms with Gasteiger partial charge in [-0.2, -0.15) is 0 Å². The predicted octanol–water partition coefficient (Wildman–Crippen LogP) is 2.67. The molecule has 0 spiro atoms. The lowest BCUT2D eigenvalue weighted by Crippen LogP contribution is -2.43. The van der Waals surface area contributed by atoms with Crippen LogP contribution in [-0.4, -0.2) is 38.8 Å². The highest BCUT2D eigenvalue weighted by Crippen LogP contribution is 2.21. The van der Waals surface area contributed by atoms with Gasteiger partial charge in [0.25, 0.3) is 0 Å². The average molecular weight is 333 g/mol. The maximum Gasteiger partial charge on any atom is 0.236 e. The van der Waals surface area contributed by atoms with E-state index in [0.29, 0.717) is 29.7 Å². The standard InChI is InChI=1S/C15H22Cl2N2O2/c1-11(15(20)19-7-3-9-21-2)18-8-6-12-4-5-13(16)10-14(12)17/h4-5,10-11,18H,3,6-9H2,1-2H3,(H,19,20). The minimum absolute atomic E-state index is 0.00620. The first-order chi connectivity index (χ1) is 10.0. The minimum Gasteiger partial charge on any atom is -0.385 e. The van der Waals surface area contributed by atoms with Crippen molar-refractivity contribution in [2.75, 3.05) is 26.8 Å². The molecule has 6 heteroatoms. The molecule has 0 aliphatic carbocycles. The molecule has 1 aromatic rings. The van der Waals surface area contributed by atoms with E-state index in [0.717, 1.165) is 18.4 Å². The number of nitrogens with one attached hydrogen (secondary N) is 2. The Morgan fingerprint density at radius 1 is 1.33 bits per heavy atom. The van der Waals surface area contributed by atoms with E-state index in [-0.39, 0.29) is 11.9 Å². The number of ether oxygens (including phenoxy) is 1. The van der Waals surface area contributed by atoms with Crippen molar-refractivity contribution in [3.8, 4) is 0 Å². The molecule has 21 heavy (non-hydrogen) atoms. The zero-order chi connectivity index (χ0) is 15.7. The molecule has 1 amide bonds. The smallest absolute Gasteiger partial charge is 0.236 e. The van der Waals surface area contributed by atoms with Gasteiger partial charge in [0.05, 0.1) is 6.04 Å². The van der Waals surface area contributed by atoms with Crippen LogP contribution in [0.5, 0.6) is 0 Å². The van der Waals surface area contributed by atoms with Gasteiger partial charge >= 0.3 is 0 Å². The average Bonchev–Trinajstić information content (AvgIpc) is 2.45. The van der Waals surface area contributed by atoms with Crippen molar-refractivity contribution in [1.29, 1.82) is 0 Å². The summed E-state index contributed by atoms with van der Waals surface area (Å²) in [6.45, 7) is 3.79. The van der Waals surface area contributed by atoms with Crippen LogP contribution in [0.15, 0.2) is 18.2 Å². The van der Waals surface area contributed by atoms with Crippen LogP contribution in [0.2, 0.25) is 10.0 Å². The fourth-order valence-electron chi connectivity index (χ4n) is 1.82. The molecule has 0 saturated heterocycles. The molecule has 4 nitrogen and oxygen atoms in total. The summed E-state index contributed by atoms with van der Waals surface area (Å²) in [5, 5.41) is 7.32. The Labute approximate surface area is 136 Å². The third-order valence-electron chi connectivity index (χ3n) is 3.08. The SMILES string of the molecule is COCCCNC(=O)C(C)NCCc1ccc(Cl)cc1Cl. The second kappa shape index (κ2) is 10.0. The molecule has 0 aromatic heterocycles. The summed E-state index contributed by atoms with van der Waals surface area (Å²) in [5.41, 5.74) is 1.02. The van der Waals surface area contributed by atoms with Crippen molar-refractivity contribution < 1.29 is 9.53 Å². The van der Waals surface area contributed by atoms with Crippen molar-refractivity contribution in [1.82, 2.24) is 10.6 Å². The highest BCUT2D eigenvalue weighted by atomic mass is 35.5. The van der Waals surface area contributed by atoms with Crippen LogP contribution in [-0.2, 0) is 16.0 Å². The lowest BCUT2D eigenvalue weighted by atomic mass is 10.1. The largest absolute Gasteiger partial charge is 0.385 e. The lowest BCUT2D eigenvalue weighted by Gasteiger charge is -2.14. The molecule has 0 aliphatic heterocycles. The van der Waals surface area contributed by atoms with Crippen LogP contribution in [0.4, 0.5) is 0 Å². The fourth-order valence-corrected chi connectivity index (χ4v) is 2.32. The van der Waals surface area contributed by atoms with Crippen molar-refractivity contribution >= 4 is 29.1 Å². The van der Waals surface area contributed by atoms with E-state index in [1.165, 1.54) is 0 Å². The Hall–Kier alpha value is -0.810. The van der Waals surface area contributed by atoms with Crippen molar-refractivity contribution in [2.24, 2.45) is 0 Å².